The molecule has 2 unspecified atom stereocenters. The van der Waals surface area contributed by atoms with Crippen molar-refractivity contribution in [3.05, 3.63) is 35.1 Å². The first-order valence-electron chi connectivity index (χ1n) is 9.55. The van der Waals surface area contributed by atoms with Gasteiger partial charge < -0.3 is 24.2 Å². The van der Waals surface area contributed by atoms with Crippen LogP contribution in [0.5, 0.6) is 11.5 Å². The molecule has 1 fully saturated rings. The fourth-order valence-corrected chi connectivity index (χ4v) is 5.83. The molecule has 150 valence electrons. The van der Waals surface area contributed by atoms with Crippen LogP contribution in [-0.4, -0.2) is 56.1 Å². The zero-order valence-electron chi connectivity index (χ0n) is 16.5. The normalized spacial score (nSPS) is 36.6. The minimum atomic E-state index is -0.660. The number of rotatable bonds is 3. The third kappa shape index (κ3) is 2.71. The number of aliphatic hydroxyl groups is 1. The summed E-state index contributed by atoms with van der Waals surface area (Å²) in [6, 6.07) is 4.26. The first kappa shape index (κ1) is 20.5. The quantitative estimate of drug-likeness (QED) is 0.733. The molecule has 0 radical (unpaired) electrons. The van der Waals surface area contributed by atoms with Crippen LogP contribution in [0.15, 0.2) is 24.0 Å². The second-order valence-electron chi connectivity index (χ2n) is 8.35. The number of piperidine rings is 1. The van der Waals surface area contributed by atoms with E-state index in [0.29, 0.717) is 24.0 Å². The molecular weight excluding hydrogens is 410 g/mol. The van der Waals surface area contributed by atoms with Gasteiger partial charge in [0.2, 0.25) is 0 Å². The van der Waals surface area contributed by atoms with Crippen molar-refractivity contribution in [3.63, 3.8) is 0 Å². The topological polar surface area (TPSA) is 61.8 Å². The average Bonchev–Trinajstić information content (AvgIpc) is 2.64. The Morgan fingerprint density at radius 1 is 1.30 bits per heavy atom. The molecule has 5 nitrogen and oxygen atoms in total. The van der Waals surface area contributed by atoms with Crippen LogP contribution in [0.25, 0.3) is 0 Å². The first-order chi connectivity index (χ1) is 12.4. The van der Waals surface area contributed by atoms with E-state index in [0.717, 1.165) is 41.5 Å². The minimum absolute atomic E-state index is 0. The van der Waals surface area contributed by atoms with Gasteiger partial charge in [-0.2, -0.15) is 0 Å². The van der Waals surface area contributed by atoms with Crippen molar-refractivity contribution >= 4 is 17.0 Å². The lowest BCUT2D eigenvalue weighted by Crippen LogP contribution is -2.68. The van der Waals surface area contributed by atoms with Crippen LogP contribution < -0.4 is 9.84 Å². The van der Waals surface area contributed by atoms with Crippen molar-refractivity contribution < 1.29 is 24.2 Å². The van der Waals surface area contributed by atoms with E-state index in [1.807, 2.05) is 0 Å². The highest BCUT2D eigenvalue weighted by Gasteiger charge is 2.60. The zero-order valence-corrected chi connectivity index (χ0v) is 18.2. The standard InChI is InChI=1S/C21H29NO4.BrH/c1-5-22(2)9-8-21-12-16(23)18(26-4)11-14(21)15(22)10-13-6-7-17(25-3)20(24)19(13)21;/h6-7,11,14-16,23H,5,8-10,12H2,1-4H3;1H/t14-,15-,16?,21+,22?;/m0./s1. The summed E-state index contributed by atoms with van der Waals surface area (Å²) in [6.07, 6.45) is 3.79. The van der Waals surface area contributed by atoms with E-state index in [2.05, 4.69) is 26.1 Å². The second kappa shape index (κ2) is 6.98. The Kier molecular flexibility index (Phi) is 5.30. The molecule has 0 spiro atoms. The molecule has 1 saturated heterocycles. The number of likely N-dealkylation sites (tertiary alicyclic amines) is 1. The third-order valence-electron chi connectivity index (χ3n) is 7.46. The Morgan fingerprint density at radius 2 is 2.04 bits per heavy atom. The van der Waals surface area contributed by atoms with Gasteiger partial charge in [-0.3, -0.25) is 0 Å². The third-order valence-corrected chi connectivity index (χ3v) is 7.46. The lowest BCUT2D eigenvalue weighted by Gasteiger charge is -2.61. The van der Waals surface area contributed by atoms with Gasteiger partial charge in [0.15, 0.2) is 0 Å². The number of quaternary nitrogens is 1. The van der Waals surface area contributed by atoms with Crippen LogP contribution in [0, 0.1) is 5.92 Å². The van der Waals surface area contributed by atoms with E-state index in [1.54, 1.807) is 20.3 Å². The van der Waals surface area contributed by atoms with Gasteiger partial charge in [-0.25, -0.2) is 0 Å². The monoisotopic (exact) mass is 439 g/mol. The fourth-order valence-electron chi connectivity index (χ4n) is 5.83. The molecule has 2 aliphatic carbocycles. The number of halogens is 1. The van der Waals surface area contributed by atoms with E-state index in [1.165, 1.54) is 0 Å². The van der Waals surface area contributed by atoms with Gasteiger partial charge in [-0.1, -0.05) is 11.8 Å². The van der Waals surface area contributed by atoms with Gasteiger partial charge in [0.05, 0.1) is 34.4 Å². The number of aliphatic hydroxyl groups excluding tert-OH is 1. The van der Waals surface area contributed by atoms with Crippen LogP contribution >= 0.6 is 17.0 Å². The van der Waals surface area contributed by atoms with E-state index >= 15 is 0 Å². The number of hydrogen-bond donors (Lipinski definition) is 1. The van der Waals surface area contributed by atoms with Gasteiger partial charge in [0, 0.05) is 24.2 Å². The molecular formula is C21H30BrNO4. The number of likely N-dealkylation sites (N-methyl/N-ethyl adjacent to an activating group) is 1. The maximum Gasteiger partial charge on any atom is 0.121 e. The summed E-state index contributed by atoms with van der Waals surface area (Å²) in [5.41, 5.74) is 1.69. The average molecular weight is 440 g/mol. The highest BCUT2D eigenvalue weighted by Crippen LogP contribution is 2.59. The SMILES string of the molecule is Br.CC[N+]1(C)CC[C@@]23CC(O)C(OC)=C[C@H]2[C@@H]1Cc1ccc(OC)c([O-])c13. The molecule has 0 amide bonds. The summed E-state index contributed by atoms with van der Waals surface area (Å²) in [4.78, 5) is 0. The van der Waals surface area contributed by atoms with Crippen LogP contribution in [-0.2, 0) is 16.6 Å². The molecule has 1 aromatic rings. The summed E-state index contributed by atoms with van der Waals surface area (Å²) in [5, 5.41) is 23.9. The molecule has 1 heterocycles. The van der Waals surface area contributed by atoms with Crippen LogP contribution in [0.4, 0.5) is 0 Å². The van der Waals surface area contributed by atoms with Crippen molar-refractivity contribution in [2.45, 2.75) is 43.7 Å². The molecule has 1 N–H and O–H groups in total. The molecule has 27 heavy (non-hydrogen) atoms. The number of benzene rings is 1. The number of fused-ring (bicyclic) bond motifs is 1. The highest BCUT2D eigenvalue weighted by atomic mass is 79.9. The molecule has 0 saturated carbocycles. The summed E-state index contributed by atoms with van der Waals surface area (Å²) in [7, 11) is 5.50. The number of methoxy groups -OCH3 is 2. The Balaban J connectivity index is 0.00000210. The molecule has 6 heteroatoms. The summed E-state index contributed by atoms with van der Waals surface area (Å²) < 4.78 is 11.8. The molecule has 3 aliphatic rings. The molecule has 0 aromatic heterocycles. The number of nitrogens with zero attached hydrogens (tertiary/aromatic N) is 1. The zero-order chi connectivity index (χ0) is 18.7. The van der Waals surface area contributed by atoms with Crippen molar-refractivity contribution in [2.24, 2.45) is 5.92 Å². The Morgan fingerprint density at radius 3 is 2.67 bits per heavy atom. The first-order valence-corrected chi connectivity index (χ1v) is 9.55. The van der Waals surface area contributed by atoms with Gasteiger partial charge in [-0.05, 0) is 36.6 Å². The molecule has 2 bridgehead atoms. The fraction of sp³-hybridized carbons (Fsp3) is 0.619. The summed E-state index contributed by atoms with van der Waals surface area (Å²) in [6.45, 7) is 4.33. The van der Waals surface area contributed by atoms with Crippen molar-refractivity contribution in [3.8, 4) is 11.5 Å². The summed E-state index contributed by atoms with van der Waals surface area (Å²) in [5.74, 6) is 1.26. The van der Waals surface area contributed by atoms with Crippen molar-refractivity contribution in [2.75, 3.05) is 34.4 Å². The Labute approximate surface area is 171 Å². The maximum atomic E-state index is 13.2. The molecule has 1 aliphatic heterocycles. The Bertz CT molecular complexity index is 767. The van der Waals surface area contributed by atoms with Gasteiger partial charge in [0.25, 0.3) is 0 Å². The Hall–Kier alpha value is -1.24. The van der Waals surface area contributed by atoms with Crippen LogP contribution in [0.3, 0.4) is 0 Å². The predicted octanol–water partition coefficient (Wildman–Crippen LogP) is 2.29. The van der Waals surface area contributed by atoms with Crippen molar-refractivity contribution in [1.29, 1.82) is 0 Å². The number of hydrogen-bond acceptors (Lipinski definition) is 4. The smallest absolute Gasteiger partial charge is 0.121 e. The van der Waals surface area contributed by atoms with Gasteiger partial charge in [-0.15, -0.1) is 17.0 Å². The van der Waals surface area contributed by atoms with Gasteiger partial charge >= 0.3 is 0 Å². The summed E-state index contributed by atoms with van der Waals surface area (Å²) >= 11 is 0. The van der Waals surface area contributed by atoms with E-state index < -0.39 is 6.10 Å². The van der Waals surface area contributed by atoms with E-state index in [-0.39, 0.29) is 34.1 Å². The van der Waals surface area contributed by atoms with Crippen LogP contribution in [0.2, 0.25) is 0 Å². The molecule has 5 atom stereocenters. The minimum Gasteiger partial charge on any atom is -0.870 e. The highest BCUT2D eigenvalue weighted by molar-refractivity contribution is 8.93. The van der Waals surface area contributed by atoms with Crippen LogP contribution in [0.1, 0.15) is 30.9 Å². The largest absolute Gasteiger partial charge is 0.870 e. The lowest BCUT2D eigenvalue weighted by atomic mass is 9.52. The maximum absolute atomic E-state index is 13.2. The lowest BCUT2D eigenvalue weighted by molar-refractivity contribution is -0.942. The molecule has 1 aromatic carbocycles. The predicted molar refractivity (Wildman–Crippen MR) is 107 cm³/mol. The van der Waals surface area contributed by atoms with Crippen molar-refractivity contribution in [1.82, 2.24) is 0 Å². The van der Waals surface area contributed by atoms with E-state index in [9.17, 15) is 10.2 Å². The molecule has 4 rings (SSSR count). The second-order valence-corrected chi connectivity index (χ2v) is 8.35. The number of ether oxygens (including phenoxy) is 2. The van der Waals surface area contributed by atoms with Gasteiger partial charge in [0.1, 0.15) is 23.7 Å². The van der Waals surface area contributed by atoms with E-state index in [4.69, 9.17) is 9.47 Å².